The fraction of sp³-hybridized carbons (Fsp3) is 0.667. The van der Waals surface area contributed by atoms with Gasteiger partial charge in [-0.25, -0.2) is 4.98 Å². The SMILES string of the molecule is CCc1csc(NCCC(=O)NCC(C)C)n1. The lowest BCUT2D eigenvalue weighted by Crippen LogP contribution is -2.28. The maximum Gasteiger partial charge on any atom is 0.221 e. The summed E-state index contributed by atoms with van der Waals surface area (Å²) < 4.78 is 0. The first-order chi connectivity index (χ1) is 8.11. The number of carbonyl (C=O) groups excluding carboxylic acids is 1. The van der Waals surface area contributed by atoms with Crippen LogP contribution in [-0.2, 0) is 11.2 Å². The molecule has 0 fully saturated rings. The average Bonchev–Trinajstić information content (AvgIpc) is 2.74. The van der Waals surface area contributed by atoms with Gasteiger partial charge in [0.15, 0.2) is 5.13 Å². The van der Waals surface area contributed by atoms with Crippen molar-refractivity contribution in [2.75, 3.05) is 18.4 Å². The molecule has 0 spiro atoms. The summed E-state index contributed by atoms with van der Waals surface area (Å²) in [7, 11) is 0. The van der Waals surface area contributed by atoms with Crippen LogP contribution in [0.15, 0.2) is 5.38 Å². The smallest absolute Gasteiger partial charge is 0.221 e. The Bertz CT molecular complexity index is 349. The summed E-state index contributed by atoms with van der Waals surface area (Å²) in [5.74, 6) is 0.594. The molecule has 17 heavy (non-hydrogen) atoms. The number of anilines is 1. The van der Waals surface area contributed by atoms with Crippen LogP contribution in [-0.4, -0.2) is 24.0 Å². The van der Waals surface area contributed by atoms with Crippen molar-refractivity contribution >= 4 is 22.4 Å². The number of aryl methyl sites for hydroxylation is 1. The lowest BCUT2D eigenvalue weighted by molar-refractivity contribution is -0.120. The van der Waals surface area contributed by atoms with Crippen molar-refractivity contribution in [3.8, 4) is 0 Å². The normalized spacial score (nSPS) is 10.6. The Kier molecular flexibility index (Phi) is 5.97. The van der Waals surface area contributed by atoms with Crippen LogP contribution in [0.3, 0.4) is 0 Å². The van der Waals surface area contributed by atoms with E-state index in [1.54, 1.807) is 11.3 Å². The zero-order chi connectivity index (χ0) is 12.7. The average molecular weight is 255 g/mol. The monoisotopic (exact) mass is 255 g/mol. The fourth-order valence-corrected chi connectivity index (χ4v) is 2.06. The highest BCUT2D eigenvalue weighted by molar-refractivity contribution is 7.13. The Morgan fingerprint density at radius 2 is 2.29 bits per heavy atom. The van der Waals surface area contributed by atoms with Gasteiger partial charge in [0.1, 0.15) is 0 Å². The number of nitrogens with zero attached hydrogens (tertiary/aromatic N) is 1. The summed E-state index contributed by atoms with van der Waals surface area (Å²) in [5, 5.41) is 9.00. The van der Waals surface area contributed by atoms with Gasteiger partial charge in [-0.3, -0.25) is 4.79 Å². The maximum atomic E-state index is 11.4. The molecule has 0 unspecified atom stereocenters. The zero-order valence-corrected chi connectivity index (χ0v) is 11.6. The fourth-order valence-electron chi connectivity index (χ4n) is 1.24. The minimum absolute atomic E-state index is 0.0958. The minimum Gasteiger partial charge on any atom is -0.361 e. The van der Waals surface area contributed by atoms with E-state index in [0.29, 0.717) is 18.9 Å². The van der Waals surface area contributed by atoms with E-state index in [4.69, 9.17) is 0 Å². The Balaban J connectivity index is 2.16. The van der Waals surface area contributed by atoms with Gasteiger partial charge >= 0.3 is 0 Å². The lowest BCUT2D eigenvalue weighted by Gasteiger charge is -2.07. The first kappa shape index (κ1) is 14.0. The van der Waals surface area contributed by atoms with Crippen LogP contribution < -0.4 is 10.6 Å². The van der Waals surface area contributed by atoms with Gasteiger partial charge < -0.3 is 10.6 Å². The van der Waals surface area contributed by atoms with Crippen molar-refractivity contribution in [2.24, 2.45) is 5.92 Å². The molecular formula is C12H21N3OS. The van der Waals surface area contributed by atoms with E-state index in [1.807, 2.05) is 5.38 Å². The number of aromatic nitrogens is 1. The number of hydrogen-bond acceptors (Lipinski definition) is 4. The van der Waals surface area contributed by atoms with Gasteiger partial charge in [-0.05, 0) is 12.3 Å². The molecule has 1 aromatic heterocycles. The molecule has 0 bridgehead atoms. The number of nitrogens with one attached hydrogen (secondary N) is 2. The summed E-state index contributed by atoms with van der Waals surface area (Å²) in [6.07, 6.45) is 1.45. The summed E-state index contributed by atoms with van der Waals surface area (Å²) in [5.41, 5.74) is 1.10. The first-order valence-electron chi connectivity index (χ1n) is 6.06. The predicted octanol–water partition coefficient (Wildman–Crippen LogP) is 2.28. The molecule has 0 saturated heterocycles. The van der Waals surface area contributed by atoms with Crippen LogP contribution >= 0.6 is 11.3 Å². The molecule has 0 aromatic carbocycles. The van der Waals surface area contributed by atoms with E-state index < -0.39 is 0 Å². The second kappa shape index (κ2) is 7.27. The third-order valence-electron chi connectivity index (χ3n) is 2.25. The summed E-state index contributed by atoms with van der Waals surface area (Å²) in [6, 6.07) is 0. The highest BCUT2D eigenvalue weighted by atomic mass is 32.1. The van der Waals surface area contributed by atoms with Crippen LogP contribution in [0, 0.1) is 5.92 Å². The number of amides is 1. The van der Waals surface area contributed by atoms with Crippen molar-refractivity contribution in [2.45, 2.75) is 33.6 Å². The van der Waals surface area contributed by atoms with E-state index in [9.17, 15) is 4.79 Å². The van der Waals surface area contributed by atoms with Crippen molar-refractivity contribution in [1.29, 1.82) is 0 Å². The lowest BCUT2D eigenvalue weighted by atomic mass is 10.2. The van der Waals surface area contributed by atoms with Crippen molar-refractivity contribution in [3.63, 3.8) is 0 Å². The van der Waals surface area contributed by atoms with Crippen LogP contribution in [0.25, 0.3) is 0 Å². The van der Waals surface area contributed by atoms with Crippen molar-refractivity contribution < 1.29 is 4.79 Å². The largest absolute Gasteiger partial charge is 0.361 e. The Labute approximate surface area is 107 Å². The molecule has 1 rings (SSSR count). The topological polar surface area (TPSA) is 54.0 Å². The number of hydrogen-bond donors (Lipinski definition) is 2. The van der Waals surface area contributed by atoms with Crippen LogP contribution in [0.2, 0.25) is 0 Å². The molecule has 96 valence electrons. The van der Waals surface area contributed by atoms with Gasteiger partial charge in [0.2, 0.25) is 5.91 Å². The Morgan fingerprint density at radius 1 is 1.53 bits per heavy atom. The molecule has 0 saturated carbocycles. The van der Waals surface area contributed by atoms with Gasteiger partial charge in [-0.2, -0.15) is 0 Å². The van der Waals surface area contributed by atoms with E-state index in [2.05, 4.69) is 36.4 Å². The third kappa shape index (κ3) is 5.68. The molecule has 2 N–H and O–H groups in total. The molecule has 1 aromatic rings. The van der Waals surface area contributed by atoms with Gasteiger partial charge in [-0.15, -0.1) is 11.3 Å². The molecule has 1 heterocycles. The second-order valence-electron chi connectivity index (χ2n) is 4.37. The second-order valence-corrected chi connectivity index (χ2v) is 5.23. The highest BCUT2D eigenvalue weighted by Crippen LogP contribution is 2.15. The summed E-state index contributed by atoms with van der Waals surface area (Å²) >= 11 is 1.59. The zero-order valence-electron chi connectivity index (χ0n) is 10.7. The number of carbonyl (C=O) groups is 1. The Morgan fingerprint density at radius 3 is 2.88 bits per heavy atom. The van der Waals surface area contributed by atoms with Gasteiger partial charge in [0.25, 0.3) is 0 Å². The van der Waals surface area contributed by atoms with Crippen LogP contribution in [0.1, 0.15) is 32.9 Å². The molecule has 0 radical (unpaired) electrons. The quantitative estimate of drug-likeness (QED) is 0.786. The summed E-state index contributed by atoms with van der Waals surface area (Å²) in [6.45, 7) is 7.63. The molecule has 4 nitrogen and oxygen atoms in total. The molecule has 0 aliphatic carbocycles. The van der Waals surface area contributed by atoms with E-state index in [0.717, 1.165) is 23.8 Å². The van der Waals surface area contributed by atoms with E-state index in [-0.39, 0.29) is 5.91 Å². The summed E-state index contributed by atoms with van der Waals surface area (Å²) in [4.78, 5) is 15.8. The van der Waals surface area contributed by atoms with E-state index in [1.165, 1.54) is 0 Å². The van der Waals surface area contributed by atoms with Crippen LogP contribution in [0.5, 0.6) is 0 Å². The molecule has 1 amide bonds. The third-order valence-corrected chi connectivity index (χ3v) is 3.10. The first-order valence-corrected chi connectivity index (χ1v) is 6.94. The number of thiazole rings is 1. The van der Waals surface area contributed by atoms with Crippen molar-refractivity contribution in [1.82, 2.24) is 10.3 Å². The van der Waals surface area contributed by atoms with Gasteiger partial charge in [0.05, 0.1) is 5.69 Å². The number of rotatable bonds is 7. The molecule has 5 heteroatoms. The van der Waals surface area contributed by atoms with Gasteiger partial charge in [-0.1, -0.05) is 20.8 Å². The molecular weight excluding hydrogens is 234 g/mol. The highest BCUT2D eigenvalue weighted by Gasteiger charge is 2.03. The van der Waals surface area contributed by atoms with Crippen molar-refractivity contribution in [3.05, 3.63) is 11.1 Å². The van der Waals surface area contributed by atoms with Crippen LogP contribution in [0.4, 0.5) is 5.13 Å². The predicted molar refractivity (Wildman–Crippen MR) is 72.4 cm³/mol. The molecule has 0 aliphatic heterocycles. The van der Waals surface area contributed by atoms with Gasteiger partial charge in [0, 0.05) is 24.9 Å². The molecule has 0 aliphatic rings. The maximum absolute atomic E-state index is 11.4. The standard InChI is InChI=1S/C12H21N3OS/c1-4-10-8-17-12(15-10)13-6-5-11(16)14-7-9(2)3/h8-9H,4-7H2,1-3H3,(H,13,15)(H,14,16). The van der Waals surface area contributed by atoms with E-state index >= 15 is 0 Å². The minimum atomic E-state index is 0.0958. The molecule has 0 atom stereocenters. The Hall–Kier alpha value is -1.10.